The molecule has 0 radical (unpaired) electrons. The summed E-state index contributed by atoms with van der Waals surface area (Å²) < 4.78 is 17.3. The monoisotopic (exact) mass is 567 g/mol. The first-order valence-corrected chi connectivity index (χ1v) is 12.5. The second-order valence-corrected chi connectivity index (χ2v) is 9.44. The van der Waals surface area contributed by atoms with Gasteiger partial charge in [0.15, 0.2) is 11.5 Å². The van der Waals surface area contributed by atoms with Gasteiger partial charge in [-0.3, -0.25) is 14.5 Å². The van der Waals surface area contributed by atoms with Gasteiger partial charge < -0.3 is 14.2 Å². The summed E-state index contributed by atoms with van der Waals surface area (Å²) in [5, 5.41) is 0.120. The highest BCUT2D eigenvalue weighted by Crippen LogP contribution is 2.40. The second kappa shape index (κ2) is 11.8. The van der Waals surface area contributed by atoms with Gasteiger partial charge in [0, 0.05) is 5.02 Å². The number of esters is 1. The Morgan fingerprint density at radius 1 is 1.15 bits per heavy atom. The van der Waals surface area contributed by atoms with Gasteiger partial charge in [-0.1, -0.05) is 23.7 Å². The second-order valence-electron chi connectivity index (χ2n) is 7.16. The number of halogens is 2. The molecule has 0 N–H and O–H groups in total. The van der Waals surface area contributed by atoms with Crippen molar-refractivity contribution in [3.05, 3.63) is 61.9 Å². The van der Waals surface area contributed by atoms with Crippen LogP contribution in [0.1, 0.15) is 31.9 Å². The number of amides is 2. The molecule has 0 saturated carbocycles. The molecule has 1 aliphatic heterocycles. The van der Waals surface area contributed by atoms with Gasteiger partial charge in [-0.25, -0.2) is 4.79 Å². The van der Waals surface area contributed by atoms with E-state index in [1.165, 1.54) is 6.92 Å². The van der Waals surface area contributed by atoms with Crippen LogP contribution in [0.15, 0.2) is 45.8 Å². The highest BCUT2D eigenvalue weighted by molar-refractivity contribution is 9.10. The predicted octanol–water partition coefficient (Wildman–Crippen LogP) is 6.07. The summed E-state index contributed by atoms with van der Waals surface area (Å²) in [5.41, 5.74) is 1.57. The lowest BCUT2D eigenvalue weighted by molar-refractivity contribution is -0.150. The molecule has 3 rings (SSSR count). The normalized spacial score (nSPS) is 15.6. The van der Waals surface area contributed by atoms with Crippen molar-refractivity contribution in [1.29, 1.82) is 0 Å². The zero-order valence-corrected chi connectivity index (χ0v) is 22.0. The van der Waals surface area contributed by atoms with Gasteiger partial charge in [0.2, 0.25) is 0 Å². The topological polar surface area (TPSA) is 82.1 Å². The zero-order chi connectivity index (χ0) is 24.8. The van der Waals surface area contributed by atoms with Crippen LogP contribution < -0.4 is 9.47 Å². The first-order chi connectivity index (χ1) is 16.2. The van der Waals surface area contributed by atoms with Crippen LogP contribution in [0.3, 0.4) is 0 Å². The Morgan fingerprint density at radius 3 is 2.50 bits per heavy atom. The molecule has 2 aromatic rings. The van der Waals surface area contributed by atoms with Crippen LogP contribution in [0, 0.1) is 0 Å². The molecular weight excluding hydrogens is 546 g/mol. The average Bonchev–Trinajstić information content (AvgIpc) is 3.07. The molecule has 0 aliphatic carbocycles. The van der Waals surface area contributed by atoms with E-state index in [9.17, 15) is 14.4 Å². The number of imide groups is 1. The third-order valence-electron chi connectivity index (χ3n) is 4.76. The molecule has 1 saturated heterocycles. The van der Waals surface area contributed by atoms with Gasteiger partial charge >= 0.3 is 5.97 Å². The van der Waals surface area contributed by atoms with E-state index >= 15 is 0 Å². The van der Waals surface area contributed by atoms with Crippen LogP contribution in [0.25, 0.3) is 6.08 Å². The number of ether oxygens (including phenoxy) is 3. The molecule has 7 nitrogen and oxygen atoms in total. The van der Waals surface area contributed by atoms with E-state index in [0.29, 0.717) is 39.8 Å². The molecule has 2 aromatic carbocycles. The zero-order valence-electron chi connectivity index (χ0n) is 18.8. The first kappa shape index (κ1) is 26.1. The summed E-state index contributed by atoms with van der Waals surface area (Å²) in [7, 11) is 0. The van der Waals surface area contributed by atoms with Gasteiger partial charge in [-0.15, -0.1) is 0 Å². The summed E-state index contributed by atoms with van der Waals surface area (Å²) in [6.07, 6.45) is 1.58. The summed E-state index contributed by atoms with van der Waals surface area (Å²) in [6, 6.07) is 9.82. The lowest BCUT2D eigenvalue weighted by Crippen LogP contribution is -2.42. The standard InChI is InChI=1S/C24H23BrClNO6S/c1-4-31-19-11-16(10-18(25)21(19)33-13-15-6-8-17(26)9-7-15)12-20-22(28)27(24(30)34-20)14(3)23(29)32-5-2/h6-12,14H,4-5,13H2,1-3H3/b20-12+/t14-/m0/s1. The van der Waals surface area contributed by atoms with E-state index in [4.69, 9.17) is 25.8 Å². The van der Waals surface area contributed by atoms with Gasteiger partial charge in [0.25, 0.3) is 11.1 Å². The highest BCUT2D eigenvalue weighted by Gasteiger charge is 2.41. The quantitative estimate of drug-likeness (QED) is 0.268. The average molecular weight is 569 g/mol. The molecule has 2 amide bonds. The van der Waals surface area contributed by atoms with E-state index in [-0.39, 0.29) is 11.5 Å². The lowest BCUT2D eigenvalue weighted by Gasteiger charge is -2.19. The molecule has 1 heterocycles. The maximum absolute atomic E-state index is 12.8. The Morgan fingerprint density at radius 2 is 1.85 bits per heavy atom. The number of nitrogens with zero attached hydrogens (tertiary/aromatic N) is 1. The Labute approximate surface area is 215 Å². The Bertz CT molecular complexity index is 1120. The fourth-order valence-electron chi connectivity index (χ4n) is 3.14. The third kappa shape index (κ3) is 6.14. The minimum absolute atomic E-state index is 0.163. The van der Waals surface area contributed by atoms with Crippen molar-refractivity contribution in [1.82, 2.24) is 4.90 Å². The largest absolute Gasteiger partial charge is 0.490 e. The molecule has 0 bridgehead atoms. The summed E-state index contributed by atoms with van der Waals surface area (Å²) in [6.45, 7) is 5.85. The van der Waals surface area contributed by atoms with Crippen LogP contribution >= 0.6 is 39.3 Å². The van der Waals surface area contributed by atoms with Crippen molar-refractivity contribution >= 4 is 62.5 Å². The van der Waals surface area contributed by atoms with Crippen molar-refractivity contribution in [3.8, 4) is 11.5 Å². The maximum Gasteiger partial charge on any atom is 0.329 e. The number of carbonyl (C=O) groups is 3. The van der Waals surface area contributed by atoms with Gasteiger partial charge in [-0.05, 0) is 89.9 Å². The molecule has 10 heteroatoms. The number of carbonyl (C=O) groups excluding carboxylic acids is 3. The van der Waals surface area contributed by atoms with Crippen LogP contribution in [0.4, 0.5) is 4.79 Å². The molecule has 1 aliphatic rings. The highest BCUT2D eigenvalue weighted by atomic mass is 79.9. The van der Waals surface area contributed by atoms with E-state index in [1.807, 2.05) is 19.1 Å². The molecule has 1 atom stereocenters. The number of hydrogen-bond donors (Lipinski definition) is 0. The SMILES string of the molecule is CCOC(=O)[C@H](C)N1C(=O)S/C(=C/c2cc(Br)c(OCc3ccc(Cl)cc3)c(OCC)c2)C1=O. The van der Waals surface area contributed by atoms with Crippen LogP contribution in [0.2, 0.25) is 5.02 Å². The molecule has 34 heavy (non-hydrogen) atoms. The molecule has 1 fully saturated rings. The fraction of sp³-hybridized carbons (Fsp3) is 0.292. The fourth-order valence-corrected chi connectivity index (χ4v) is 4.75. The maximum atomic E-state index is 12.8. The Kier molecular flexibility index (Phi) is 9.04. The first-order valence-electron chi connectivity index (χ1n) is 10.5. The van der Waals surface area contributed by atoms with Crippen molar-refractivity contribution < 1.29 is 28.6 Å². The lowest BCUT2D eigenvalue weighted by atomic mass is 10.1. The van der Waals surface area contributed by atoms with Gasteiger partial charge in [-0.2, -0.15) is 0 Å². The van der Waals surface area contributed by atoms with E-state index < -0.39 is 23.2 Å². The van der Waals surface area contributed by atoms with Crippen LogP contribution in [0.5, 0.6) is 11.5 Å². The minimum atomic E-state index is -1.01. The number of hydrogen-bond acceptors (Lipinski definition) is 7. The summed E-state index contributed by atoms with van der Waals surface area (Å²) in [4.78, 5) is 38.4. The summed E-state index contributed by atoms with van der Waals surface area (Å²) >= 11 is 10.2. The van der Waals surface area contributed by atoms with E-state index in [0.717, 1.165) is 22.2 Å². The van der Waals surface area contributed by atoms with Gasteiger partial charge in [0.1, 0.15) is 12.6 Å². The van der Waals surface area contributed by atoms with Crippen LogP contribution in [-0.2, 0) is 20.9 Å². The van der Waals surface area contributed by atoms with Gasteiger partial charge in [0.05, 0.1) is 22.6 Å². The molecular formula is C24H23BrClNO6S. The molecule has 0 aromatic heterocycles. The molecule has 180 valence electrons. The van der Waals surface area contributed by atoms with Crippen molar-refractivity contribution in [3.63, 3.8) is 0 Å². The molecule has 0 unspecified atom stereocenters. The smallest absolute Gasteiger partial charge is 0.329 e. The van der Waals surface area contributed by atoms with E-state index in [2.05, 4.69) is 15.9 Å². The number of benzene rings is 2. The van der Waals surface area contributed by atoms with Crippen molar-refractivity contribution in [2.45, 2.75) is 33.4 Å². The minimum Gasteiger partial charge on any atom is -0.490 e. The van der Waals surface area contributed by atoms with Crippen LogP contribution in [-0.4, -0.2) is 41.3 Å². The Hall–Kier alpha value is -2.49. The molecule has 0 spiro atoms. The predicted molar refractivity (Wildman–Crippen MR) is 135 cm³/mol. The third-order valence-corrected chi connectivity index (χ3v) is 6.49. The Balaban J connectivity index is 1.84. The number of rotatable bonds is 9. The van der Waals surface area contributed by atoms with Crippen molar-refractivity contribution in [2.24, 2.45) is 0 Å². The summed E-state index contributed by atoms with van der Waals surface area (Å²) in [5.74, 6) is -0.184. The number of thioether (sulfide) groups is 1. The van der Waals surface area contributed by atoms with E-state index in [1.54, 1.807) is 37.3 Å². The van der Waals surface area contributed by atoms with Crippen molar-refractivity contribution in [2.75, 3.05) is 13.2 Å².